The Kier molecular flexibility index (Phi) is 48.5. The van der Waals surface area contributed by atoms with Crippen molar-refractivity contribution >= 4 is 401 Å². The third-order valence-electron chi connectivity index (χ3n) is 8.52. The summed E-state index contributed by atoms with van der Waals surface area (Å²) in [6.07, 6.45) is 0.365. The van der Waals surface area contributed by atoms with Crippen LogP contribution in [0.4, 0.5) is 0 Å². The van der Waals surface area contributed by atoms with Gasteiger partial charge in [-0.2, -0.15) is 0 Å². The Labute approximate surface area is 557 Å². The molecule has 0 fully saturated rings. The minimum atomic E-state index is -0.315. The molecule has 0 heterocycles. The molecule has 0 spiro atoms. The first-order chi connectivity index (χ1) is 36.1. The standard InChI is InChI=1S/C26H35NO.S44/c1-17-13-18(2)15-20(14-17)23(28)27-12-11-19-9-10-21-22(16-19)25(5,6)26(7,8)24(21,3)4;1-3-5-7-9-11-13-15-17-19-21-23-25-27-29-31-33-35-37-39-41-43-44-42-40-38-36-34-32-30-28-26-24-22-20-18-16-14-12-10-8-6-4-2/h9-10,13-16H,11-12H2,1-8H3,(H,27,28);/i9D,10D,16D;. The van der Waals surface area contributed by atoms with Crippen molar-refractivity contribution in [2.75, 3.05) is 6.54 Å². The van der Waals surface area contributed by atoms with Crippen molar-refractivity contribution in [1.29, 1.82) is 0 Å². The highest BCUT2D eigenvalue weighted by atomic mass is 33.5. The summed E-state index contributed by atoms with van der Waals surface area (Å²) < 4.78 is 26.4. The smallest absolute Gasteiger partial charge is 0.251 e. The second kappa shape index (κ2) is 49.7. The Balaban J connectivity index is 0.000000541. The SMILES string of the molecule is S=S=S=S=S=S=S=S=S=S=S=S=S=S=S=S=S=S=S=S=S=S=S=S=S=S=S=S=S=S=S=S=S=S=S=S=S=S=S=S=S=S=S=S.[2H]c1c([2H])c2c(c([2H])c1CCNC(=O)c1cc(C)cc(C)c1)C(C)(C)C(C)(C)C2(C)C. The number of nitrogens with one attached hydrogen (secondary N) is 1. The molecule has 0 bridgehead atoms. The van der Waals surface area contributed by atoms with E-state index in [1.54, 1.807) is 107 Å². The van der Waals surface area contributed by atoms with Crippen LogP contribution in [0.1, 0.15) is 83.8 Å². The molecule has 0 unspecified atom stereocenters. The third-order valence-corrected chi connectivity index (χ3v) is 99.6. The predicted molar refractivity (Wildman–Crippen MR) is 442 cm³/mol. The van der Waals surface area contributed by atoms with Gasteiger partial charge in [0.05, 0.1) is 4.11 Å². The summed E-state index contributed by atoms with van der Waals surface area (Å²) in [6.45, 7) is 17.2. The van der Waals surface area contributed by atoms with Gasteiger partial charge in [-0.1, -0.05) is 76.9 Å². The van der Waals surface area contributed by atoms with E-state index < -0.39 is 0 Å². The highest BCUT2D eigenvalue weighted by Crippen LogP contribution is 2.61. The van der Waals surface area contributed by atoms with Crippen LogP contribution in [0.15, 0.2) is 36.3 Å². The Morgan fingerprint density at radius 3 is 0.972 bits per heavy atom. The molecule has 1 aliphatic rings. The number of carbonyl (C=O) groups excluding carboxylic acids is 1. The zero-order valence-corrected chi connectivity index (χ0v) is 72.4. The van der Waals surface area contributed by atoms with Crippen LogP contribution in [0.5, 0.6) is 0 Å². The van der Waals surface area contributed by atoms with Gasteiger partial charge in [0.2, 0.25) is 0 Å². The maximum Gasteiger partial charge on any atom is 0.251 e. The first kappa shape index (κ1) is 70.4. The topological polar surface area (TPSA) is 29.1 Å². The lowest BCUT2D eigenvalue weighted by atomic mass is 9.59. The molecular weight excluding hydrogens is 1750 g/mol. The van der Waals surface area contributed by atoms with Gasteiger partial charge in [0.15, 0.2) is 0 Å². The van der Waals surface area contributed by atoms with E-state index in [0.29, 0.717) is 30.1 Å². The maximum absolute atomic E-state index is 12.6. The number of hydrogen-bond donors (Lipinski definition) is 1. The number of aryl methyl sites for hydroxylation is 2. The van der Waals surface area contributed by atoms with Gasteiger partial charge in [-0.15, -0.1) is 0 Å². The van der Waals surface area contributed by atoms with Crippen molar-refractivity contribution in [2.24, 2.45) is 5.41 Å². The van der Waals surface area contributed by atoms with Crippen LogP contribution in [-0.2, 0) is 413 Å². The Bertz CT molecular complexity index is 4350. The molecule has 1 aliphatic carbocycles. The minimum absolute atomic E-state index is 0.117. The molecule has 0 saturated heterocycles. The molecule has 0 radical (unpaired) electrons. The first-order valence-corrected chi connectivity index (χ1v) is 74.6. The number of fused-ring (bicyclic) bond motifs is 1. The minimum Gasteiger partial charge on any atom is -0.352 e. The zero-order chi connectivity index (χ0) is 55.2. The molecule has 46 heteroatoms. The molecule has 1 N–H and O–H groups in total. The summed E-state index contributed by atoms with van der Waals surface area (Å²) in [5.41, 5.74) is 4.18. The largest absolute Gasteiger partial charge is 0.352 e. The first-order valence-electron chi connectivity index (χ1n) is 18.8. The second-order valence-electron chi connectivity index (χ2n) is 12.7. The molecule has 2 aromatic carbocycles. The summed E-state index contributed by atoms with van der Waals surface area (Å²) in [5, 5.41) is 2.93. The van der Waals surface area contributed by atoms with Crippen molar-refractivity contribution in [1.82, 2.24) is 5.32 Å². The van der Waals surface area contributed by atoms with Gasteiger partial charge in [0.1, 0.15) is 0 Å². The molecule has 72 heavy (non-hydrogen) atoms. The Morgan fingerprint density at radius 1 is 0.431 bits per heavy atom. The van der Waals surface area contributed by atoms with Crippen LogP contribution in [0.25, 0.3) is 0 Å². The van der Waals surface area contributed by atoms with Crippen LogP contribution in [0.2, 0.25) is 0 Å². The summed E-state index contributed by atoms with van der Waals surface area (Å²) >= 11 is 9.61. The lowest BCUT2D eigenvalue weighted by Gasteiger charge is -2.44. The van der Waals surface area contributed by atoms with E-state index in [4.69, 9.17) is 26.5 Å². The summed E-state index contributed by atoms with van der Waals surface area (Å²) in [7, 11) is 74.7. The van der Waals surface area contributed by atoms with Crippen molar-refractivity contribution in [2.45, 2.75) is 72.6 Å². The van der Waals surface area contributed by atoms with E-state index in [1.165, 1.54) is 17.8 Å². The lowest BCUT2D eigenvalue weighted by Crippen LogP contribution is -2.42. The van der Waals surface area contributed by atoms with Crippen molar-refractivity contribution in [3.63, 3.8) is 0 Å². The number of carbonyl (C=O) groups is 1. The molecule has 0 saturated carbocycles. The van der Waals surface area contributed by atoms with E-state index in [2.05, 4.69) is 46.9 Å². The van der Waals surface area contributed by atoms with Crippen LogP contribution in [-0.4, -0.2) is 12.5 Å². The summed E-state index contributed by atoms with van der Waals surface area (Å²) in [5.74, 6) is -0.153. The molecule has 0 aromatic heterocycles. The van der Waals surface area contributed by atoms with Gasteiger partial charge in [0, 0.05) is 407 Å². The van der Waals surface area contributed by atoms with Gasteiger partial charge in [0.25, 0.3) is 5.91 Å². The van der Waals surface area contributed by atoms with E-state index in [-0.39, 0.29) is 34.2 Å². The fourth-order valence-corrected chi connectivity index (χ4v) is 115. The van der Waals surface area contributed by atoms with Gasteiger partial charge < -0.3 is 5.32 Å². The molecule has 0 atom stereocenters. The highest BCUT2D eigenvalue weighted by molar-refractivity contribution is 8.81. The van der Waals surface area contributed by atoms with Crippen LogP contribution >= 0.6 is 0 Å². The van der Waals surface area contributed by atoms with Crippen LogP contribution < -0.4 is 5.32 Å². The molecule has 0 aliphatic heterocycles. The fraction of sp³-hybridized carbons (Fsp3) is 0.500. The second-order valence-corrected chi connectivity index (χ2v) is 87.0. The Morgan fingerprint density at radius 2 is 0.694 bits per heavy atom. The maximum atomic E-state index is 12.6. The monoisotopic (exact) mass is 1790 g/mol. The normalized spacial score (nSPS) is 12.5. The number of rotatable bonds is 4. The fourth-order valence-electron chi connectivity index (χ4n) is 4.88. The van der Waals surface area contributed by atoms with Gasteiger partial charge in [-0.05, 0) is 65.3 Å². The van der Waals surface area contributed by atoms with Crippen LogP contribution in [0.3, 0.4) is 0 Å². The van der Waals surface area contributed by atoms with E-state index >= 15 is 0 Å². The van der Waals surface area contributed by atoms with Gasteiger partial charge in [-0.25, -0.2) is 0 Å². The molecule has 414 valence electrons. The lowest BCUT2D eigenvalue weighted by molar-refractivity contribution is 0.0954. The Hall–Kier alpha value is 7.59. The number of benzene rings is 2. The molecule has 2 nitrogen and oxygen atoms in total. The third kappa shape index (κ3) is 35.3. The molecule has 2 aromatic rings. The predicted octanol–water partition coefficient (Wildman–Crippen LogP) is 5.77. The molecule has 1 amide bonds. The molecule has 3 rings (SSSR count). The van der Waals surface area contributed by atoms with Crippen LogP contribution in [0, 0.1) is 19.3 Å². The summed E-state index contributed by atoms with van der Waals surface area (Å²) in [6, 6.07) is 6.45. The van der Waals surface area contributed by atoms with E-state index in [0.717, 1.165) is 22.3 Å². The number of hydrogen-bond acceptors (Lipinski definition) is 3. The zero-order valence-electron chi connectivity index (χ0n) is 39.5. The van der Waals surface area contributed by atoms with Crippen molar-refractivity contribution < 1.29 is 8.91 Å². The quantitative estimate of drug-likeness (QED) is 0.423. The average Bonchev–Trinajstić information content (AvgIpc) is 3.48. The van der Waals surface area contributed by atoms with Gasteiger partial charge >= 0.3 is 0 Å². The average molecular weight is 1790 g/mol. The number of amides is 1. The summed E-state index contributed by atoms with van der Waals surface area (Å²) in [4.78, 5) is 12.6. The molecular formula is C26H35NOS44. The van der Waals surface area contributed by atoms with Crippen molar-refractivity contribution in [3.05, 3.63) is 69.7 Å². The highest BCUT2D eigenvalue weighted by Gasteiger charge is 2.56. The van der Waals surface area contributed by atoms with E-state index in [9.17, 15) is 4.79 Å². The van der Waals surface area contributed by atoms with Gasteiger partial charge in [-0.3, -0.25) is 4.79 Å². The van der Waals surface area contributed by atoms with E-state index in [1.807, 2.05) is 281 Å². The van der Waals surface area contributed by atoms with Crippen molar-refractivity contribution in [3.8, 4) is 0 Å².